The summed E-state index contributed by atoms with van der Waals surface area (Å²) < 4.78 is 5.42. The topological polar surface area (TPSA) is 87.5 Å². The molecule has 2 N–H and O–H groups in total. The van der Waals surface area contributed by atoms with E-state index < -0.39 is 0 Å². The zero-order valence-electron chi connectivity index (χ0n) is 17.2. The molecule has 0 fully saturated rings. The summed E-state index contributed by atoms with van der Waals surface area (Å²) in [7, 11) is 1.91. The predicted octanol–water partition coefficient (Wildman–Crippen LogP) is 3.80. The molecule has 0 spiro atoms. The van der Waals surface area contributed by atoms with Gasteiger partial charge in [0.05, 0.1) is 6.54 Å². The maximum atomic E-state index is 12.2. The van der Waals surface area contributed by atoms with Crippen molar-refractivity contribution in [2.45, 2.75) is 19.8 Å². The molecule has 3 rings (SSSR count). The summed E-state index contributed by atoms with van der Waals surface area (Å²) in [5.41, 5.74) is 3.26. The Kier molecular flexibility index (Phi) is 7.34. The highest BCUT2D eigenvalue weighted by molar-refractivity contribution is 5.93. The van der Waals surface area contributed by atoms with Crippen LogP contribution in [0.1, 0.15) is 19.1 Å². The minimum Gasteiger partial charge on any atom is -0.361 e. The average Bonchev–Trinajstić information content (AvgIpc) is 3.18. The van der Waals surface area contributed by atoms with E-state index in [0.717, 1.165) is 36.4 Å². The molecule has 0 atom stereocenters. The highest BCUT2D eigenvalue weighted by Crippen LogP contribution is 2.19. The highest BCUT2D eigenvalue weighted by atomic mass is 16.5. The van der Waals surface area contributed by atoms with E-state index in [4.69, 9.17) is 4.52 Å². The Morgan fingerprint density at radius 3 is 2.33 bits per heavy atom. The number of likely N-dealkylation sites (N-methyl/N-ethyl adjacent to an activating group) is 1. The predicted molar refractivity (Wildman–Crippen MR) is 117 cm³/mol. The van der Waals surface area contributed by atoms with Crippen LogP contribution < -0.4 is 10.6 Å². The van der Waals surface area contributed by atoms with Crippen molar-refractivity contribution in [3.05, 3.63) is 66.4 Å². The molecule has 2 amide bonds. The summed E-state index contributed by atoms with van der Waals surface area (Å²) >= 11 is 0. The molecule has 1 aromatic heterocycles. The number of amides is 2. The van der Waals surface area contributed by atoms with Gasteiger partial charge in [-0.25, -0.2) is 0 Å². The zero-order chi connectivity index (χ0) is 21.3. The van der Waals surface area contributed by atoms with Crippen LogP contribution in [0.3, 0.4) is 0 Å². The number of carbonyl (C=O) groups excluding carboxylic acids is 2. The number of carbonyl (C=O) groups is 2. The van der Waals surface area contributed by atoms with E-state index in [9.17, 15) is 9.59 Å². The third-order valence-electron chi connectivity index (χ3n) is 4.49. The van der Waals surface area contributed by atoms with Gasteiger partial charge in [-0.15, -0.1) is 0 Å². The van der Waals surface area contributed by atoms with Crippen LogP contribution in [0.25, 0.3) is 11.3 Å². The molecule has 1 heterocycles. The molecule has 0 saturated carbocycles. The summed E-state index contributed by atoms with van der Waals surface area (Å²) in [4.78, 5) is 25.2. The van der Waals surface area contributed by atoms with Crippen LogP contribution in [0.2, 0.25) is 0 Å². The van der Waals surface area contributed by atoms with Crippen LogP contribution in [0, 0.1) is 0 Å². The largest absolute Gasteiger partial charge is 0.361 e. The first kappa shape index (κ1) is 21.3. The van der Waals surface area contributed by atoms with E-state index in [0.29, 0.717) is 17.9 Å². The van der Waals surface area contributed by atoms with Crippen LogP contribution >= 0.6 is 0 Å². The van der Waals surface area contributed by atoms with Gasteiger partial charge in [-0.05, 0) is 44.3 Å². The summed E-state index contributed by atoms with van der Waals surface area (Å²) in [5.74, 6) is 0.622. The van der Waals surface area contributed by atoms with Crippen molar-refractivity contribution in [1.82, 2.24) is 10.1 Å². The van der Waals surface area contributed by atoms with Gasteiger partial charge in [0.1, 0.15) is 11.5 Å². The maximum Gasteiger partial charge on any atom is 0.238 e. The van der Waals surface area contributed by atoms with Crippen molar-refractivity contribution in [2.75, 3.05) is 30.8 Å². The molecule has 156 valence electrons. The van der Waals surface area contributed by atoms with E-state index in [1.165, 1.54) is 6.92 Å². The van der Waals surface area contributed by atoms with E-state index >= 15 is 0 Å². The van der Waals surface area contributed by atoms with Crippen LogP contribution in [0.5, 0.6) is 0 Å². The normalized spacial score (nSPS) is 10.8. The van der Waals surface area contributed by atoms with E-state index in [2.05, 4.69) is 15.8 Å². The average molecular weight is 406 g/mol. The Balaban J connectivity index is 1.39. The molecule has 3 aromatic rings. The summed E-state index contributed by atoms with van der Waals surface area (Å²) in [6.45, 7) is 2.51. The van der Waals surface area contributed by atoms with Gasteiger partial charge in [0.2, 0.25) is 11.8 Å². The number of hydrogen-bond donors (Lipinski definition) is 2. The zero-order valence-corrected chi connectivity index (χ0v) is 17.2. The molecular formula is C23H26N4O3. The first-order valence-corrected chi connectivity index (χ1v) is 9.86. The summed E-state index contributed by atoms with van der Waals surface area (Å²) in [6, 6.07) is 18.9. The molecule has 0 aliphatic carbocycles. The lowest BCUT2D eigenvalue weighted by molar-refractivity contribution is -0.117. The molecule has 7 nitrogen and oxygen atoms in total. The Morgan fingerprint density at radius 2 is 1.67 bits per heavy atom. The minimum atomic E-state index is -0.130. The van der Waals surface area contributed by atoms with Crippen molar-refractivity contribution >= 4 is 23.2 Å². The number of hydrogen-bond acceptors (Lipinski definition) is 5. The van der Waals surface area contributed by atoms with Gasteiger partial charge < -0.3 is 15.2 Å². The molecule has 0 aliphatic heterocycles. The molecule has 0 bridgehead atoms. The van der Waals surface area contributed by atoms with Crippen LogP contribution in [-0.2, 0) is 16.0 Å². The van der Waals surface area contributed by atoms with Gasteiger partial charge >= 0.3 is 0 Å². The molecule has 2 aromatic carbocycles. The quantitative estimate of drug-likeness (QED) is 0.564. The van der Waals surface area contributed by atoms with Gasteiger partial charge in [0.15, 0.2) is 0 Å². The smallest absolute Gasteiger partial charge is 0.238 e. The number of anilines is 2. The lowest BCUT2D eigenvalue weighted by Crippen LogP contribution is -2.31. The molecule has 0 unspecified atom stereocenters. The van der Waals surface area contributed by atoms with E-state index in [-0.39, 0.29) is 11.8 Å². The molecule has 0 aliphatic rings. The Hall–Kier alpha value is -3.45. The minimum absolute atomic E-state index is 0.0872. The van der Waals surface area contributed by atoms with Gasteiger partial charge in [0, 0.05) is 36.3 Å². The first-order valence-electron chi connectivity index (χ1n) is 9.86. The number of benzene rings is 2. The molecule has 30 heavy (non-hydrogen) atoms. The molecular weight excluding hydrogens is 380 g/mol. The number of aryl methyl sites for hydroxylation is 1. The van der Waals surface area contributed by atoms with Crippen molar-refractivity contribution < 1.29 is 14.1 Å². The third kappa shape index (κ3) is 6.56. The van der Waals surface area contributed by atoms with E-state index in [1.54, 1.807) is 24.3 Å². The van der Waals surface area contributed by atoms with Crippen molar-refractivity contribution in [1.29, 1.82) is 0 Å². The Labute approximate surface area is 176 Å². The van der Waals surface area contributed by atoms with Crippen molar-refractivity contribution in [3.63, 3.8) is 0 Å². The van der Waals surface area contributed by atoms with Crippen LogP contribution in [0.15, 0.2) is 65.2 Å². The highest BCUT2D eigenvalue weighted by Gasteiger charge is 2.09. The second-order valence-electron chi connectivity index (χ2n) is 7.19. The van der Waals surface area contributed by atoms with Crippen molar-refractivity contribution in [3.8, 4) is 11.3 Å². The monoisotopic (exact) mass is 406 g/mol. The number of nitrogens with one attached hydrogen (secondary N) is 2. The van der Waals surface area contributed by atoms with Gasteiger partial charge in [-0.1, -0.05) is 35.5 Å². The summed E-state index contributed by atoms with van der Waals surface area (Å²) in [5, 5.41) is 9.68. The molecule has 0 radical (unpaired) electrons. The first-order chi connectivity index (χ1) is 14.5. The second-order valence-corrected chi connectivity index (χ2v) is 7.19. The fraction of sp³-hybridized carbons (Fsp3) is 0.261. The molecule has 7 heteroatoms. The maximum absolute atomic E-state index is 12.2. The molecule has 0 saturated heterocycles. The van der Waals surface area contributed by atoms with Gasteiger partial charge in [0.25, 0.3) is 0 Å². The number of nitrogens with zero attached hydrogens (tertiary/aromatic N) is 2. The summed E-state index contributed by atoms with van der Waals surface area (Å²) in [6.07, 6.45) is 1.62. The van der Waals surface area contributed by atoms with E-state index in [1.807, 2.05) is 48.3 Å². The number of rotatable bonds is 9. The lowest BCUT2D eigenvalue weighted by Gasteiger charge is -2.16. The van der Waals surface area contributed by atoms with Crippen molar-refractivity contribution in [2.24, 2.45) is 0 Å². The van der Waals surface area contributed by atoms with Crippen LogP contribution in [-0.4, -0.2) is 42.0 Å². The fourth-order valence-electron chi connectivity index (χ4n) is 3.06. The van der Waals surface area contributed by atoms with Gasteiger partial charge in [-0.3, -0.25) is 14.5 Å². The second kappa shape index (κ2) is 10.4. The third-order valence-corrected chi connectivity index (χ3v) is 4.49. The Bertz CT molecular complexity index is 968. The lowest BCUT2D eigenvalue weighted by atomic mass is 10.1. The Morgan fingerprint density at radius 1 is 1.00 bits per heavy atom. The van der Waals surface area contributed by atoms with Crippen LogP contribution in [0.4, 0.5) is 11.4 Å². The van der Waals surface area contributed by atoms with Gasteiger partial charge in [-0.2, -0.15) is 0 Å². The fourth-order valence-corrected chi connectivity index (χ4v) is 3.06. The SMILES string of the molecule is CC(=O)Nc1ccc(NC(=O)CN(C)CCCc2cc(-c3ccccc3)no2)cc1. The number of aromatic nitrogens is 1. The standard InChI is InChI=1S/C23H26N4O3/c1-17(28)24-19-10-12-20(13-11-19)25-23(29)16-27(2)14-6-9-21-15-22(26-30-21)18-7-4-3-5-8-18/h3-5,7-8,10-13,15H,6,9,14,16H2,1-2H3,(H,24,28)(H,25,29).